The first kappa shape index (κ1) is 28.7. The Morgan fingerprint density at radius 1 is 0.853 bits per heavy atom. The molecular weight excluding hydrogens is 450 g/mol. The van der Waals surface area contributed by atoms with E-state index in [9.17, 15) is 19.2 Å². The van der Waals surface area contributed by atoms with E-state index in [0.717, 1.165) is 0 Å². The monoisotopic (exact) mass is 483 g/mol. The number of carbonyl (C=O) groups excluding carboxylic acids is 4. The van der Waals surface area contributed by atoms with Crippen molar-refractivity contribution in [3.63, 3.8) is 0 Å². The predicted molar refractivity (Wildman–Crippen MR) is 119 cm³/mol. The maximum Gasteiger partial charge on any atom is 0.513 e. The fourth-order valence-corrected chi connectivity index (χ4v) is 2.48. The molecule has 0 saturated heterocycles. The van der Waals surface area contributed by atoms with Crippen molar-refractivity contribution in [2.75, 3.05) is 19.8 Å². The van der Waals surface area contributed by atoms with Crippen molar-refractivity contribution < 1.29 is 47.6 Å². The highest BCUT2D eigenvalue weighted by Crippen LogP contribution is 2.30. The van der Waals surface area contributed by atoms with Gasteiger partial charge >= 0.3 is 24.2 Å². The van der Waals surface area contributed by atoms with Crippen LogP contribution >= 0.6 is 0 Å². The van der Waals surface area contributed by atoms with Gasteiger partial charge in [0.25, 0.3) is 0 Å². The summed E-state index contributed by atoms with van der Waals surface area (Å²) in [6, 6.07) is 3.24. The third-order valence-electron chi connectivity index (χ3n) is 4.47. The molecule has 0 radical (unpaired) electrons. The minimum atomic E-state index is -1.05. The van der Waals surface area contributed by atoms with E-state index in [1.54, 1.807) is 27.7 Å². The summed E-state index contributed by atoms with van der Waals surface area (Å²) in [5.41, 5.74) is 6.44. The zero-order valence-corrected chi connectivity index (χ0v) is 20.2. The van der Waals surface area contributed by atoms with E-state index in [0.29, 0.717) is 12.0 Å². The minimum absolute atomic E-state index is 0.0265. The van der Waals surface area contributed by atoms with Gasteiger partial charge in [-0.05, 0) is 51.3 Å². The molecule has 190 valence electrons. The first-order chi connectivity index (χ1) is 16.1. The van der Waals surface area contributed by atoms with E-state index in [1.165, 1.54) is 18.2 Å². The van der Waals surface area contributed by atoms with Crippen LogP contribution < -0.4 is 15.2 Å². The summed E-state index contributed by atoms with van der Waals surface area (Å²) in [7, 11) is 0. The zero-order valence-electron chi connectivity index (χ0n) is 20.2. The normalized spacial score (nSPS) is 13.1. The predicted octanol–water partition coefficient (Wildman–Crippen LogP) is 3.15. The number of ether oxygens (including phenoxy) is 6. The first-order valence-electron chi connectivity index (χ1n) is 11.1. The lowest BCUT2D eigenvalue weighted by atomic mass is 10.1. The lowest BCUT2D eigenvalue weighted by molar-refractivity contribution is -0.161. The number of benzene rings is 1. The SMILES string of the molecule is CCOC(=O)Oc1ccc(C[C@H](N)C(=O)OC[C@H](C)OC(=O)C(C)CC)cc1OC(=O)OCC. The van der Waals surface area contributed by atoms with Crippen LogP contribution in [-0.2, 0) is 35.0 Å². The molecule has 0 heterocycles. The Labute approximate surface area is 198 Å². The highest BCUT2D eigenvalue weighted by molar-refractivity contribution is 5.76. The van der Waals surface area contributed by atoms with E-state index in [2.05, 4.69) is 0 Å². The van der Waals surface area contributed by atoms with Gasteiger partial charge in [0, 0.05) is 0 Å². The largest absolute Gasteiger partial charge is 0.513 e. The highest BCUT2D eigenvalue weighted by Gasteiger charge is 2.22. The van der Waals surface area contributed by atoms with E-state index in [1.807, 2.05) is 6.92 Å². The van der Waals surface area contributed by atoms with E-state index < -0.39 is 30.4 Å². The smallest absolute Gasteiger partial charge is 0.461 e. The van der Waals surface area contributed by atoms with Crippen LogP contribution in [0.2, 0.25) is 0 Å². The van der Waals surface area contributed by atoms with Gasteiger partial charge in [-0.3, -0.25) is 9.59 Å². The van der Waals surface area contributed by atoms with Crippen LogP contribution in [0.4, 0.5) is 9.59 Å². The van der Waals surface area contributed by atoms with Crippen molar-refractivity contribution in [3.05, 3.63) is 23.8 Å². The highest BCUT2D eigenvalue weighted by atomic mass is 16.7. The van der Waals surface area contributed by atoms with Crippen molar-refractivity contribution in [1.82, 2.24) is 0 Å². The Kier molecular flexibility index (Phi) is 12.4. The fourth-order valence-electron chi connectivity index (χ4n) is 2.48. The second kappa shape index (κ2) is 14.7. The number of esters is 2. The van der Waals surface area contributed by atoms with Crippen LogP contribution in [-0.4, -0.2) is 56.2 Å². The summed E-state index contributed by atoms with van der Waals surface area (Å²) in [5, 5.41) is 0. The van der Waals surface area contributed by atoms with Gasteiger partial charge in [-0.25, -0.2) is 9.59 Å². The summed E-state index contributed by atoms with van der Waals surface area (Å²) >= 11 is 0. The molecule has 0 aromatic heterocycles. The van der Waals surface area contributed by atoms with Crippen LogP contribution in [0.3, 0.4) is 0 Å². The van der Waals surface area contributed by atoms with Gasteiger partial charge in [0.1, 0.15) is 18.8 Å². The summed E-state index contributed by atoms with van der Waals surface area (Å²) in [6.07, 6.45) is -1.94. The average Bonchev–Trinajstić information content (AvgIpc) is 2.78. The molecule has 1 unspecified atom stereocenters. The van der Waals surface area contributed by atoms with Crippen LogP contribution in [0.25, 0.3) is 0 Å². The first-order valence-corrected chi connectivity index (χ1v) is 11.1. The van der Waals surface area contributed by atoms with E-state index >= 15 is 0 Å². The van der Waals surface area contributed by atoms with Gasteiger partial charge in [0.15, 0.2) is 11.5 Å². The standard InChI is InChI=1S/C23H33NO10/c1-6-14(4)20(25)32-15(5)13-31-21(26)17(24)11-16-9-10-18(33-22(27)29-7-2)19(12-16)34-23(28)30-8-3/h9-10,12,14-15,17H,6-8,11,13,24H2,1-5H3/t14?,15-,17-/m0/s1. The number of hydrogen-bond acceptors (Lipinski definition) is 11. The summed E-state index contributed by atoms with van der Waals surface area (Å²) in [6.45, 7) is 8.47. The van der Waals surface area contributed by atoms with Crippen LogP contribution in [0.15, 0.2) is 18.2 Å². The molecule has 0 aliphatic carbocycles. The molecule has 34 heavy (non-hydrogen) atoms. The number of hydrogen-bond donors (Lipinski definition) is 1. The Hall–Kier alpha value is -3.34. The zero-order chi connectivity index (χ0) is 25.7. The van der Waals surface area contributed by atoms with Crippen molar-refractivity contribution >= 4 is 24.2 Å². The molecule has 11 nitrogen and oxygen atoms in total. The number of nitrogens with two attached hydrogens (primary N) is 1. The van der Waals surface area contributed by atoms with Gasteiger partial charge < -0.3 is 34.2 Å². The summed E-state index contributed by atoms with van der Waals surface area (Å²) in [4.78, 5) is 47.5. The fraction of sp³-hybridized carbons (Fsp3) is 0.565. The lowest BCUT2D eigenvalue weighted by Gasteiger charge is -2.18. The average molecular weight is 484 g/mol. The van der Waals surface area contributed by atoms with Crippen molar-refractivity contribution in [2.24, 2.45) is 11.7 Å². The molecule has 0 bridgehead atoms. The maximum absolute atomic E-state index is 12.3. The molecular formula is C23H33NO10. The third-order valence-corrected chi connectivity index (χ3v) is 4.47. The molecule has 1 aromatic carbocycles. The molecule has 3 atom stereocenters. The minimum Gasteiger partial charge on any atom is -0.461 e. The van der Waals surface area contributed by atoms with Crippen LogP contribution in [0.5, 0.6) is 11.5 Å². The summed E-state index contributed by atoms with van der Waals surface area (Å²) < 4.78 is 30.0. The second-order valence-corrected chi connectivity index (χ2v) is 7.35. The molecule has 11 heteroatoms. The van der Waals surface area contributed by atoms with Gasteiger partial charge in [0.05, 0.1) is 19.1 Å². The second-order valence-electron chi connectivity index (χ2n) is 7.35. The lowest BCUT2D eigenvalue weighted by Crippen LogP contribution is -2.36. The van der Waals surface area contributed by atoms with E-state index in [4.69, 9.17) is 34.2 Å². The molecule has 1 rings (SSSR count). The molecule has 1 aromatic rings. The van der Waals surface area contributed by atoms with Gasteiger partial charge in [0.2, 0.25) is 0 Å². The van der Waals surface area contributed by atoms with Crippen LogP contribution in [0.1, 0.15) is 46.6 Å². The van der Waals surface area contributed by atoms with Crippen LogP contribution in [0, 0.1) is 5.92 Å². The molecule has 0 aliphatic heterocycles. The molecule has 0 spiro atoms. The topological polar surface area (TPSA) is 150 Å². The Bertz CT molecular complexity index is 841. The van der Waals surface area contributed by atoms with Gasteiger partial charge in [-0.15, -0.1) is 0 Å². The van der Waals surface area contributed by atoms with Crippen molar-refractivity contribution in [2.45, 2.75) is 59.6 Å². The Balaban J connectivity index is 2.79. The number of carbonyl (C=O) groups is 4. The summed E-state index contributed by atoms with van der Waals surface area (Å²) in [5.74, 6) is -1.51. The van der Waals surface area contributed by atoms with Crippen molar-refractivity contribution in [1.29, 1.82) is 0 Å². The molecule has 0 fully saturated rings. The van der Waals surface area contributed by atoms with Crippen molar-refractivity contribution in [3.8, 4) is 11.5 Å². The van der Waals surface area contributed by atoms with Gasteiger partial charge in [-0.2, -0.15) is 0 Å². The molecule has 0 saturated carbocycles. The number of rotatable bonds is 12. The maximum atomic E-state index is 12.3. The van der Waals surface area contributed by atoms with E-state index in [-0.39, 0.29) is 49.6 Å². The quantitative estimate of drug-likeness (QED) is 0.265. The molecule has 2 N–H and O–H groups in total. The Morgan fingerprint density at radius 3 is 2.00 bits per heavy atom. The Morgan fingerprint density at radius 2 is 1.44 bits per heavy atom. The molecule has 0 aliphatic rings. The third kappa shape index (κ3) is 10.1. The molecule has 0 amide bonds. The van der Waals surface area contributed by atoms with Gasteiger partial charge in [-0.1, -0.05) is 19.9 Å².